The van der Waals surface area contributed by atoms with Crippen molar-refractivity contribution in [1.82, 2.24) is 20.2 Å². The first-order valence-electron chi connectivity index (χ1n) is 13.9. The van der Waals surface area contributed by atoms with Crippen LogP contribution in [0.2, 0.25) is 0 Å². The lowest BCUT2D eigenvalue weighted by atomic mass is 10.1. The van der Waals surface area contributed by atoms with Crippen LogP contribution < -0.4 is 15.1 Å². The molecule has 3 fully saturated rings. The number of nitrogens with zero attached hydrogens (tertiary/aromatic N) is 5. The van der Waals surface area contributed by atoms with Gasteiger partial charge in [-0.05, 0) is 74.3 Å². The molecule has 4 rings (SSSR count). The van der Waals surface area contributed by atoms with Crippen LogP contribution in [0.5, 0.6) is 0 Å². The van der Waals surface area contributed by atoms with Gasteiger partial charge in [-0.1, -0.05) is 0 Å². The highest BCUT2D eigenvalue weighted by Crippen LogP contribution is 2.45. The molecule has 3 heterocycles. The molecule has 40 heavy (non-hydrogen) atoms. The van der Waals surface area contributed by atoms with Crippen molar-refractivity contribution in [2.24, 2.45) is 0 Å². The van der Waals surface area contributed by atoms with Crippen LogP contribution in [0, 0.1) is 0 Å². The molecule has 0 unspecified atom stereocenters. The van der Waals surface area contributed by atoms with Gasteiger partial charge in [0.1, 0.15) is 11.4 Å². The van der Waals surface area contributed by atoms with Gasteiger partial charge in [0.05, 0.1) is 18.2 Å². The summed E-state index contributed by atoms with van der Waals surface area (Å²) in [5.41, 5.74) is -0.474. The molecule has 12 heteroatoms. The number of nitrogens with one attached hydrogen (secondary N) is 1. The maximum absolute atomic E-state index is 12.8. The average Bonchev–Trinajstić information content (AvgIpc) is 3.66. The third-order valence-corrected chi connectivity index (χ3v) is 7.11. The highest BCUT2D eigenvalue weighted by molar-refractivity contribution is 5.88. The monoisotopic (exact) mass is 566 g/mol. The quantitative estimate of drug-likeness (QED) is 0.543. The summed E-state index contributed by atoms with van der Waals surface area (Å²) in [5, 5.41) is 3.43. The van der Waals surface area contributed by atoms with Crippen molar-refractivity contribution in [2.45, 2.75) is 90.5 Å². The molecule has 12 nitrogen and oxygen atoms in total. The van der Waals surface area contributed by atoms with Crippen molar-refractivity contribution in [2.75, 3.05) is 63.3 Å². The van der Waals surface area contributed by atoms with Gasteiger partial charge in [-0.2, -0.15) is 4.98 Å². The maximum Gasteiger partial charge on any atom is 0.410 e. The van der Waals surface area contributed by atoms with Gasteiger partial charge in [0, 0.05) is 51.9 Å². The number of amides is 1. The van der Waals surface area contributed by atoms with Gasteiger partial charge in [-0.3, -0.25) is 4.90 Å². The minimum absolute atomic E-state index is 0. The Labute approximate surface area is 239 Å². The second-order valence-corrected chi connectivity index (χ2v) is 12.6. The minimum Gasteiger partial charge on any atom is -0.464 e. The molecule has 1 saturated carbocycles. The lowest BCUT2D eigenvalue weighted by Crippen LogP contribution is -2.58. The summed E-state index contributed by atoms with van der Waals surface area (Å²) in [6.45, 7) is 18.2. The number of hydrogen-bond donors (Lipinski definition) is 1. The van der Waals surface area contributed by atoms with E-state index in [-0.39, 0.29) is 34.4 Å². The Kier molecular flexibility index (Phi) is 11.1. The van der Waals surface area contributed by atoms with Gasteiger partial charge in [-0.15, -0.1) is 0 Å². The number of piperazine rings is 1. The Hall–Kier alpha value is -2.70. The Morgan fingerprint density at radius 1 is 1.02 bits per heavy atom. The number of ether oxygens (including phenoxy) is 3. The molecule has 0 bridgehead atoms. The molecule has 228 valence electrons. The number of carbonyl (C=O) groups excluding carboxylic acids is 2. The molecule has 0 aromatic carbocycles. The Bertz CT molecular complexity index is 1000. The fourth-order valence-corrected chi connectivity index (χ4v) is 4.58. The largest absolute Gasteiger partial charge is 0.464 e. The van der Waals surface area contributed by atoms with E-state index in [1.807, 2.05) is 46.4 Å². The zero-order valence-corrected chi connectivity index (χ0v) is 25.8. The van der Waals surface area contributed by atoms with E-state index in [1.54, 1.807) is 13.2 Å². The molecule has 2 saturated heterocycles. The molecule has 1 spiro atoms. The molecule has 3 aliphatic rings. The number of carbonyl (C=O) groups is 2. The van der Waals surface area contributed by atoms with Gasteiger partial charge in [0.2, 0.25) is 5.95 Å². The topological polar surface area (TPSA) is 141 Å². The van der Waals surface area contributed by atoms with Gasteiger partial charge >= 0.3 is 12.1 Å². The number of methoxy groups -OCH3 is 2. The Balaban J connectivity index is 0.000000723. The van der Waals surface area contributed by atoms with Crippen molar-refractivity contribution < 1.29 is 29.3 Å². The summed E-state index contributed by atoms with van der Waals surface area (Å²) >= 11 is 0. The third-order valence-electron chi connectivity index (χ3n) is 7.11. The van der Waals surface area contributed by atoms with Gasteiger partial charge in [-0.25, -0.2) is 14.6 Å². The predicted octanol–water partition coefficient (Wildman–Crippen LogP) is 2.65. The zero-order chi connectivity index (χ0) is 29.0. The molecule has 1 amide bonds. The number of anilines is 2. The molecule has 1 aliphatic carbocycles. The van der Waals surface area contributed by atoms with E-state index >= 15 is 0 Å². The molecule has 3 N–H and O–H groups in total. The molecule has 0 radical (unpaired) electrons. The Morgan fingerprint density at radius 2 is 1.68 bits per heavy atom. The highest BCUT2D eigenvalue weighted by Gasteiger charge is 2.54. The van der Waals surface area contributed by atoms with Gasteiger partial charge in [0.25, 0.3) is 0 Å². The van der Waals surface area contributed by atoms with Gasteiger partial charge in [0.15, 0.2) is 5.69 Å². The van der Waals surface area contributed by atoms with Crippen LogP contribution in [0.4, 0.5) is 16.6 Å². The SMILES string of the molecule is COC(=O)c1cc(N2CCN(C(=O)OC(C)(C)C)C3(CC3)C2)nc(N2CCCNC[C@@H]2C)n1.COC(C)(C)C.O. The van der Waals surface area contributed by atoms with Crippen molar-refractivity contribution >= 4 is 23.8 Å². The first kappa shape index (κ1) is 33.5. The fraction of sp³-hybridized carbons (Fsp3) is 0.786. The van der Waals surface area contributed by atoms with Crippen LogP contribution >= 0.6 is 0 Å². The summed E-state index contributed by atoms with van der Waals surface area (Å²) < 4.78 is 15.6. The van der Waals surface area contributed by atoms with Crippen LogP contribution in [-0.4, -0.2) is 109 Å². The van der Waals surface area contributed by atoms with E-state index in [0.29, 0.717) is 31.4 Å². The minimum atomic E-state index is -0.528. The van der Waals surface area contributed by atoms with E-state index < -0.39 is 11.6 Å². The van der Waals surface area contributed by atoms with Gasteiger partial charge < -0.3 is 34.8 Å². The average molecular weight is 567 g/mol. The maximum atomic E-state index is 12.8. The molecule has 2 aliphatic heterocycles. The second kappa shape index (κ2) is 13.3. The van der Waals surface area contributed by atoms with Crippen LogP contribution in [-0.2, 0) is 14.2 Å². The van der Waals surface area contributed by atoms with Crippen molar-refractivity contribution in [3.63, 3.8) is 0 Å². The van der Waals surface area contributed by atoms with Crippen molar-refractivity contribution in [3.05, 3.63) is 11.8 Å². The molecule has 1 aromatic rings. The highest BCUT2D eigenvalue weighted by atomic mass is 16.6. The van der Waals surface area contributed by atoms with Crippen LogP contribution in [0.25, 0.3) is 0 Å². The van der Waals surface area contributed by atoms with E-state index in [9.17, 15) is 9.59 Å². The Morgan fingerprint density at radius 3 is 2.23 bits per heavy atom. The lowest BCUT2D eigenvalue weighted by Gasteiger charge is -2.43. The zero-order valence-electron chi connectivity index (χ0n) is 25.8. The number of aromatic nitrogens is 2. The third kappa shape index (κ3) is 8.90. The molecule has 1 aromatic heterocycles. The van der Waals surface area contributed by atoms with Crippen LogP contribution in [0.3, 0.4) is 0 Å². The van der Waals surface area contributed by atoms with E-state index in [1.165, 1.54) is 7.11 Å². The van der Waals surface area contributed by atoms with E-state index in [0.717, 1.165) is 38.9 Å². The first-order chi connectivity index (χ1) is 18.2. The van der Waals surface area contributed by atoms with Crippen molar-refractivity contribution in [1.29, 1.82) is 0 Å². The first-order valence-corrected chi connectivity index (χ1v) is 13.9. The van der Waals surface area contributed by atoms with Crippen LogP contribution in [0.1, 0.15) is 78.2 Å². The number of rotatable bonds is 3. The number of hydrogen-bond acceptors (Lipinski definition) is 10. The summed E-state index contributed by atoms with van der Waals surface area (Å²) in [6, 6.07) is 1.90. The molecular formula is C28H50N6O6. The summed E-state index contributed by atoms with van der Waals surface area (Å²) in [4.78, 5) is 40.8. The predicted molar refractivity (Wildman–Crippen MR) is 155 cm³/mol. The van der Waals surface area contributed by atoms with Crippen molar-refractivity contribution in [3.8, 4) is 0 Å². The summed E-state index contributed by atoms with van der Waals surface area (Å²) in [6.07, 6.45) is 2.58. The fourth-order valence-electron chi connectivity index (χ4n) is 4.58. The standard InChI is InChI=1S/C23H36N6O4.C5H12O.H2O/c1-16-14-24-9-6-10-28(16)20-25-17(19(30)32-5)13-18(26-20)27-11-12-29(23(15-27)7-8-23)21(31)33-22(2,3)4;1-5(2,3)6-4;/h13,16,24H,6-12,14-15H2,1-5H3;1-4H3;1H2/t16-;;/m0../s1. The summed E-state index contributed by atoms with van der Waals surface area (Å²) in [5.74, 6) is 0.762. The second-order valence-electron chi connectivity index (χ2n) is 12.6. The summed E-state index contributed by atoms with van der Waals surface area (Å²) in [7, 11) is 3.07. The molecular weight excluding hydrogens is 516 g/mol. The normalized spacial score (nSPS) is 20.5. The molecule has 1 atom stereocenters. The lowest BCUT2D eigenvalue weighted by molar-refractivity contribution is 0.0106. The van der Waals surface area contributed by atoms with E-state index in [2.05, 4.69) is 27.0 Å². The van der Waals surface area contributed by atoms with Crippen LogP contribution in [0.15, 0.2) is 6.07 Å². The smallest absolute Gasteiger partial charge is 0.410 e. The number of esters is 1. The van der Waals surface area contributed by atoms with E-state index in [4.69, 9.17) is 19.2 Å².